The number of para-hydroxylation sites is 2. The zero-order valence-corrected chi connectivity index (χ0v) is 33.1. The summed E-state index contributed by atoms with van der Waals surface area (Å²) in [6, 6.07) is 51.1. The maximum atomic E-state index is 15.0. The van der Waals surface area contributed by atoms with Crippen LogP contribution in [0.5, 0.6) is 0 Å². The Morgan fingerprint density at radius 1 is 0.359 bits per heavy atom. The van der Waals surface area contributed by atoms with Gasteiger partial charge in [-0.25, -0.2) is 0 Å². The molecule has 0 fully saturated rings. The minimum Gasteiger partial charge on any atom is -0.307 e. The Hall–Kier alpha value is -8.59. The molecule has 0 radical (unpaired) electrons. The molecule has 10 rings (SSSR count). The molecule has 306 valence electrons. The van der Waals surface area contributed by atoms with Crippen LogP contribution < -0.4 is 0 Å². The fraction of sp³-hybridized carbons (Fsp3) is 0.0377. The molecule has 64 heavy (non-hydrogen) atoms. The Kier molecular flexibility index (Phi) is 9.14. The summed E-state index contributed by atoms with van der Waals surface area (Å²) in [5.41, 5.74) is 0.927. The van der Waals surface area contributed by atoms with Gasteiger partial charge in [-0.2, -0.15) is 42.1 Å². The first-order chi connectivity index (χ1) is 30.9. The van der Waals surface area contributed by atoms with E-state index < -0.39 is 40.2 Å². The second-order valence-electron chi connectivity index (χ2n) is 15.2. The first-order valence-corrected chi connectivity index (χ1v) is 19.8. The van der Waals surface area contributed by atoms with E-state index in [0.717, 1.165) is 21.5 Å². The van der Waals surface area contributed by atoms with E-state index in [2.05, 4.69) is 12.1 Å². The Bertz CT molecular complexity index is 3670. The molecule has 5 nitrogen and oxygen atoms in total. The van der Waals surface area contributed by atoms with Crippen LogP contribution in [0.15, 0.2) is 164 Å². The number of fused-ring (bicyclic) bond motifs is 6. The number of nitrogens with zero attached hydrogens (tertiary/aromatic N) is 5. The van der Waals surface area contributed by atoms with Crippen molar-refractivity contribution in [3.8, 4) is 63.0 Å². The van der Waals surface area contributed by atoms with Gasteiger partial charge in [0.1, 0.15) is 0 Å². The van der Waals surface area contributed by atoms with E-state index in [0.29, 0.717) is 73.6 Å². The summed E-state index contributed by atoms with van der Waals surface area (Å²) in [4.78, 5) is 0. The van der Waals surface area contributed by atoms with Crippen LogP contribution in [0.4, 0.5) is 26.3 Å². The van der Waals surface area contributed by atoms with E-state index in [9.17, 15) is 42.1 Å². The van der Waals surface area contributed by atoms with Crippen molar-refractivity contribution in [2.24, 2.45) is 0 Å². The fourth-order valence-corrected chi connectivity index (χ4v) is 9.01. The number of halogens is 6. The van der Waals surface area contributed by atoms with Crippen molar-refractivity contribution in [2.45, 2.75) is 12.4 Å². The zero-order chi connectivity index (χ0) is 44.5. The van der Waals surface area contributed by atoms with Crippen molar-refractivity contribution < 1.29 is 26.3 Å². The Morgan fingerprint density at radius 2 is 0.766 bits per heavy atom. The van der Waals surface area contributed by atoms with Crippen LogP contribution >= 0.6 is 0 Å². The highest BCUT2D eigenvalue weighted by Crippen LogP contribution is 2.48. The SMILES string of the molecule is N#Cc1ccccc1-c1ccc2c3ccccc3n(-c3cc(C#N)c(-c4c(C(F)(F)F)cccc4C(F)(F)F)cc3-n3c4ccccc4c4ccc(-c5ccccc5C#N)cc43)c2c1. The number of hydrogen-bond acceptors (Lipinski definition) is 3. The molecule has 10 aromatic rings. The molecular weight excluding hydrogens is 821 g/mol. The molecule has 0 aliphatic carbocycles. The van der Waals surface area contributed by atoms with Crippen LogP contribution in [0.1, 0.15) is 27.8 Å². The van der Waals surface area contributed by atoms with Gasteiger partial charge < -0.3 is 9.13 Å². The van der Waals surface area contributed by atoms with E-state index in [1.807, 2.05) is 102 Å². The smallest absolute Gasteiger partial charge is 0.307 e. The third kappa shape index (κ3) is 6.23. The number of alkyl halides is 6. The normalized spacial score (nSPS) is 11.9. The van der Waals surface area contributed by atoms with Gasteiger partial charge in [-0.1, -0.05) is 103 Å². The Balaban J connectivity index is 1.41. The van der Waals surface area contributed by atoms with Crippen molar-refractivity contribution in [1.82, 2.24) is 9.13 Å². The minimum absolute atomic E-state index is 0.168. The summed E-state index contributed by atoms with van der Waals surface area (Å²) < 4.78 is 93.5. The van der Waals surface area contributed by atoms with Crippen molar-refractivity contribution in [3.63, 3.8) is 0 Å². The van der Waals surface area contributed by atoms with Crippen molar-refractivity contribution >= 4 is 43.6 Å². The largest absolute Gasteiger partial charge is 0.417 e. The van der Waals surface area contributed by atoms with Crippen LogP contribution in [0.25, 0.3) is 88.4 Å². The van der Waals surface area contributed by atoms with E-state index in [-0.39, 0.29) is 11.4 Å². The summed E-state index contributed by atoms with van der Waals surface area (Å²) in [7, 11) is 0. The fourth-order valence-electron chi connectivity index (χ4n) is 9.01. The molecule has 11 heteroatoms. The average Bonchev–Trinajstić information content (AvgIpc) is 3.82. The van der Waals surface area contributed by atoms with Crippen LogP contribution in [0.2, 0.25) is 0 Å². The van der Waals surface area contributed by atoms with Gasteiger partial charge in [0, 0.05) is 32.7 Å². The summed E-state index contributed by atoms with van der Waals surface area (Å²) in [5.74, 6) is 0. The Labute approximate surface area is 360 Å². The van der Waals surface area contributed by atoms with Gasteiger partial charge in [-0.05, 0) is 82.9 Å². The third-order valence-corrected chi connectivity index (χ3v) is 11.7. The van der Waals surface area contributed by atoms with Crippen LogP contribution in [0.3, 0.4) is 0 Å². The second kappa shape index (κ2) is 14.8. The molecule has 0 spiro atoms. The lowest BCUT2D eigenvalue weighted by molar-refractivity contribution is -0.142. The summed E-state index contributed by atoms with van der Waals surface area (Å²) in [6.07, 6.45) is -10.5. The van der Waals surface area contributed by atoms with Gasteiger partial charge in [0.25, 0.3) is 0 Å². The number of rotatable bonds is 5. The average molecular weight is 848 g/mol. The molecule has 2 aromatic heterocycles. The van der Waals surface area contributed by atoms with Crippen LogP contribution in [0, 0.1) is 34.0 Å². The van der Waals surface area contributed by atoms with Gasteiger partial charge in [-0.3, -0.25) is 0 Å². The van der Waals surface area contributed by atoms with Crippen molar-refractivity contribution in [1.29, 1.82) is 15.8 Å². The van der Waals surface area contributed by atoms with Crippen LogP contribution in [-0.2, 0) is 12.4 Å². The summed E-state index contributed by atoms with van der Waals surface area (Å²) >= 11 is 0. The van der Waals surface area contributed by atoms with Gasteiger partial charge >= 0.3 is 12.4 Å². The van der Waals surface area contributed by atoms with Gasteiger partial charge in [0.05, 0.1) is 79.5 Å². The number of hydrogen-bond donors (Lipinski definition) is 0. The topological polar surface area (TPSA) is 81.2 Å². The first-order valence-electron chi connectivity index (χ1n) is 19.8. The van der Waals surface area contributed by atoms with Crippen molar-refractivity contribution in [2.75, 3.05) is 0 Å². The maximum absolute atomic E-state index is 15.0. The lowest BCUT2D eigenvalue weighted by Gasteiger charge is -2.23. The molecule has 0 aliphatic heterocycles. The number of benzene rings is 8. The second-order valence-corrected chi connectivity index (χ2v) is 15.2. The molecular formula is C53H27F6N5. The molecule has 0 saturated carbocycles. The number of aromatic nitrogens is 2. The van der Waals surface area contributed by atoms with E-state index in [1.54, 1.807) is 47.0 Å². The summed E-state index contributed by atoms with van der Waals surface area (Å²) in [5, 5.41) is 34.0. The minimum atomic E-state index is -5.24. The van der Waals surface area contributed by atoms with Crippen LogP contribution in [-0.4, -0.2) is 9.13 Å². The Morgan fingerprint density at radius 3 is 1.22 bits per heavy atom. The zero-order valence-electron chi connectivity index (χ0n) is 33.1. The molecule has 8 aromatic carbocycles. The summed E-state index contributed by atoms with van der Waals surface area (Å²) in [6.45, 7) is 0. The first kappa shape index (κ1) is 39.5. The predicted molar refractivity (Wildman–Crippen MR) is 236 cm³/mol. The maximum Gasteiger partial charge on any atom is 0.417 e. The molecule has 0 bridgehead atoms. The van der Waals surface area contributed by atoms with Gasteiger partial charge in [0.15, 0.2) is 0 Å². The molecule has 2 heterocycles. The molecule has 0 N–H and O–H groups in total. The molecule has 0 aliphatic rings. The number of nitriles is 3. The highest BCUT2D eigenvalue weighted by molar-refractivity contribution is 6.13. The molecule has 0 atom stereocenters. The molecule has 0 amide bonds. The lowest BCUT2D eigenvalue weighted by atomic mass is 9.89. The molecule has 0 saturated heterocycles. The molecule has 0 unspecified atom stereocenters. The van der Waals surface area contributed by atoms with E-state index >= 15 is 0 Å². The standard InChI is InChI=1S/C53H27F6N5/c54-52(55,56)43-16-9-17-44(53(57,58)59)51(43)42-27-50(64-46-19-8-6-15-39(46)41-23-21-32(25-48(41)64)37-13-4-2-11-34(37)29-61)49(26-35(42)30-62)63-45-18-7-5-14-38(45)40-22-20-31(24-47(40)63)36-12-3-1-10-33(36)28-60/h1-27H. The predicted octanol–water partition coefficient (Wildman–Crippen LogP) is 14.5. The lowest BCUT2D eigenvalue weighted by Crippen LogP contribution is -2.15. The van der Waals surface area contributed by atoms with Gasteiger partial charge in [-0.15, -0.1) is 0 Å². The van der Waals surface area contributed by atoms with E-state index in [1.165, 1.54) is 12.1 Å². The highest BCUT2D eigenvalue weighted by atomic mass is 19.4. The highest BCUT2D eigenvalue weighted by Gasteiger charge is 2.42. The van der Waals surface area contributed by atoms with Crippen molar-refractivity contribution in [3.05, 3.63) is 192 Å². The third-order valence-electron chi connectivity index (χ3n) is 11.7. The monoisotopic (exact) mass is 847 g/mol. The van der Waals surface area contributed by atoms with E-state index in [4.69, 9.17) is 0 Å². The van der Waals surface area contributed by atoms with Gasteiger partial charge in [0.2, 0.25) is 0 Å². The quantitative estimate of drug-likeness (QED) is 0.162.